The summed E-state index contributed by atoms with van der Waals surface area (Å²) in [5, 5.41) is 11.0. The second kappa shape index (κ2) is 7.35. The topological polar surface area (TPSA) is 81.5 Å². The number of ketones is 1. The molecule has 0 saturated heterocycles. The van der Waals surface area contributed by atoms with Gasteiger partial charge in [-0.1, -0.05) is 6.07 Å². The van der Waals surface area contributed by atoms with Crippen molar-refractivity contribution in [3.63, 3.8) is 0 Å². The number of aromatic nitrogens is 2. The summed E-state index contributed by atoms with van der Waals surface area (Å²) in [5.74, 6) is 0.304. The van der Waals surface area contributed by atoms with Crippen LogP contribution in [0.4, 0.5) is 4.39 Å². The number of nitrogens with zero attached hydrogens (tertiary/aromatic N) is 2. The maximum Gasteiger partial charge on any atom is 0.238 e. The van der Waals surface area contributed by atoms with E-state index in [4.69, 9.17) is 9.47 Å². The molecule has 7 heteroatoms. The molecule has 1 N–H and O–H groups in total. The lowest BCUT2D eigenvalue weighted by atomic mass is 9.81. The van der Waals surface area contributed by atoms with Gasteiger partial charge >= 0.3 is 0 Å². The first kappa shape index (κ1) is 21.5. The van der Waals surface area contributed by atoms with Crippen molar-refractivity contribution in [2.24, 2.45) is 0 Å². The fourth-order valence-corrected chi connectivity index (χ4v) is 4.39. The molecule has 0 atom stereocenters. The predicted octanol–water partition coefficient (Wildman–Crippen LogP) is 5.86. The quantitative estimate of drug-likeness (QED) is 0.538. The Labute approximate surface area is 191 Å². The van der Waals surface area contributed by atoms with Gasteiger partial charge in [-0.2, -0.15) is 0 Å². The van der Waals surface area contributed by atoms with Gasteiger partial charge in [-0.05, 0) is 81.8 Å². The molecule has 170 valence electrons. The monoisotopic (exact) mass is 448 g/mol. The number of aliphatic hydroxyl groups excluding tert-OH is 1. The fraction of sp³-hybridized carbons (Fsp3) is 0.346. The Kier molecular flexibility index (Phi) is 4.79. The zero-order valence-electron chi connectivity index (χ0n) is 19.0. The molecule has 1 aliphatic heterocycles. The van der Waals surface area contributed by atoms with E-state index in [-0.39, 0.29) is 28.8 Å². The Morgan fingerprint density at radius 3 is 2.55 bits per heavy atom. The third-order valence-corrected chi connectivity index (χ3v) is 6.11. The summed E-state index contributed by atoms with van der Waals surface area (Å²) in [7, 11) is 0. The third kappa shape index (κ3) is 3.86. The highest BCUT2D eigenvalue weighted by Gasteiger charge is 2.48. The van der Waals surface area contributed by atoms with Crippen LogP contribution in [0.1, 0.15) is 57.6 Å². The molecule has 1 fully saturated rings. The Balaban J connectivity index is 1.59. The number of carbonyl (C=O) groups excluding carboxylic acids is 1. The molecule has 1 aromatic heterocycles. The number of benzene rings is 2. The first-order chi connectivity index (χ1) is 15.5. The normalized spacial score (nSPS) is 19.7. The molecule has 3 aromatic rings. The number of fused-ring (bicyclic) bond motifs is 1. The van der Waals surface area contributed by atoms with Gasteiger partial charge in [0.15, 0.2) is 5.78 Å². The third-order valence-electron chi connectivity index (χ3n) is 6.11. The van der Waals surface area contributed by atoms with Crippen LogP contribution in [0.2, 0.25) is 0 Å². The molecule has 2 aliphatic rings. The Bertz CT molecular complexity index is 1330. The lowest BCUT2D eigenvalue weighted by Gasteiger charge is -2.40. The van der Waals surface area contributed by atoms with Crippen LogP contribution < -0.4 is 4.74 Å². The van der Waals surface area contributed by atoms with E-state index < -0.39 is 11.2 Å². The minimum absolute atomic E-state index is 0.0848. The molecule has 0 amide bonds. The van der Waals surface area contributed by atoms with Crippen molar-refractivity contribution in [3.05, 3.63) is 65.3 Å². The van der Waals surface area contributed by atoms with Gasteiger partial charge in [-0.3, -0.25) is 4.79 Å². The number of hydrogen-bond donors (Lipinski definition) is 1. The Hall–Kier alpha value is -3.32. The van der Waals surface area contributed by atoms with Gasteiger partial charge in [0, 0.05) is 6.07 Å². The highest BCUT2D eigenvalue weighted by Crippen LogP contribution is 2.48. The molecule has 33 heavy (non-hydrogen) atoms. The molecule has 0 unspecified atom stereocenters. The van der Waals surface area contributed by atoms with E-state index >= 15 is 0 Å². The average molecular weight is 448 g/mol. The first-order valence-electron chi connectivity index (χ1n) is 11.0. The summed E-state index contributed by atoms with van der Waals surface area (Å²) in [5.41, 5.74) is 0.768. The van der Waals surface area contributed by atoms with Gasteiger partial charge in [0.05, 0.1) is 22.8 Å². The summed E-state index contributed by atoms with van der Waals surface area (Å²) in [4.78, 5) is 22.0. The molecule has 2 aromatic carbocycles. The lowest BCUT2D eigenvalue weighted by molar-refractivity contribution is -0.158. The van der Waals surface area contributed by atoms with Crippen LogP contribution in [0.5, 0.6) is 11.6 Å². The van der Waals surface area contributed by atoms with E-state index in [9.17, 15) is 14.3 Å². The Morgan fingerprint density at radius 1 is 1.06 bits per heavy atom. The average Bonchev–Trinajstić information content (AvgIpc) is 3.58. The van der Waals surface area contributed by atoms with Crippen LogP contribution in [0.3, 0.4) is 0 Å². The van der Waals surface area contributed by atoms with Crippen LogP contribution in [0, 0.1) is 5.82 Å². The summed E-state index contributed by atoms with van der Waals surface area (Å²) in [6.07, 6.45) is 3.50. The standard InChI is InChI=1S/C26H25FN2O4/c1-25(2)23(30)22(24(31)26(3,4)33-25)18-12-16(8-9-17(18)14-5-6-14)32-21-13-28-20-11-15(27)7-10-19(20)29-21/h7-14,30H,5-6H2,1-4H3. The molecule has 5 rings (SSSR count). The van der Waals surface area contributed by atoms with Crippen molar-refractivity contribution in [1.82, 2.24) is 9.97 Å². The molecule has 1 aliphatic carbocycles. The molecular weight excluding hydrogens is 423 g/mol. The van der Waals surface area contributed by atoms with Crippen molar-refractivity contribution < 1.29 is 23.8 Å². The van der Waals surface area contributed by atoms with Crippen molar-refractivity contribution in [2.75, 3.05) is 0 Å². The van der Waals surface area contributed by atoms with Crippen LogP contribution in [-0.4, -0.2) is 32.1 Å². The largest absolute Gasteiger partial charge is 0.508 e. The van der Waals surface area contributed by atoms with E-state index in [1.807, 2.05) is 12.1 Å². The second-order valence-corrected chi connectivity index (χ2v) is 9.64. The van der Waals surface area contributed by atoms with Gasteiger partial charge in [0.2, 0.25) is 5.88 Å². The van der Waals surface area contributed by atoms with E-state index in [1.165, 1.54) is 18.3 Å². The second-order valence-electron chi connectivity index (χ2n) is 9.64. The highest BCUT2D eigenvalue weighted by molar-refractivity contribution is 6.26. The molecule has 0 bridgehead atoms. The van der Waals surface area contributed by atoms with Crippen LogP contribution >= 0.6 is 0 Å². The number of aliphatic hydroxyl groups is 1. The summed E-state index contributed by atoms with van der Waals surface area (Å²) in [6.45, 7) is 6.94. The maximum absolute atomic E-state index is 13.4. The highest BCUT2D eigenvalue weighted by atomic mass is 19.1. The minimum atomic E-state index is -1.08. The number of ether oxygens (including phenoxy) is 2. The van der Waals surface area contributed by atoms with Gasteiger partial charge in [0.25, 0.3) is 0 Å². The first-order valence-corrected chi connectivity index (χ1v) is 11.0. The number of carbonyl (C=O) groups is 1. The van der Waals surface area contributed by atoms with Crippen molar-refractivity contribution >= 4 is 22.4 Å². The number of rotatable bonds is 4. The van der Waals surface area contributed by atoms with Gasteiger partial charge in [0.1, 0.15) is 28.5 Å². The van der Waals surface area contributed by atoms with Crippen molar-refractivity contribution in [1.29, 1.82) is 0 Å². The fourth-order valence-electron chi connectivity index (χ4n) is 4.39. The van der Waals surface area contributed by atoms with Gasteiger partial charge < -0.3 is 14.6 Å². The Morgan fingerprint density at radius 2 is 1.82 bits per heavy atom. The summed E-state index contributed by atoms with van der Waals surface area (Å²) in [6, 6.07) is 9.70. The van der Waals surface area contributed by atoms with Crippen LogP contribution in [0.15, 0.2) is 48.4 Å². The van der Waals surface area contributed by atoms with E-state index in [0.29, 0.717) is 28.3 Å². The lowest BCUT2D eigenvalue weighted by Crippen LogP contribution is -2.49. The SMILES string of the molecule is CC1(C)OC(C)(C)C(O)=C(c2cc(Oc3cnc4cc(F)ccc4n3)ccc2C2CC2)C1=O. The number of halogens is 1. The molecular formula is C26H25FN2O4. The van der Waals surface area contributed by atoms with Crippen LogP contribution in [0.25, 0.3) is 16.6 Å². The van der Waals surface area contributed by atoms with Crippen molar-refractivity contribution in [2.45, 2.75) is 57.7 Å². The molecule has 2 heterocycles. The summed E-state index contributed by atoms with van der Waals surface area (Å²) >= 11 is 0. The maximum atomic E-state index is 13.4. The minimum Gasteiger partial charge on any atom is -0.508 e. The van der Waals surface area contributed by atoms with Gasteiger partial charge in [-0.25, -0.2) is 14.4 Å². The van der Waals surface area contributed by atoms with Crippen LogP contribution in [-0.2, 0) is 9.53 Å². The zero-order chi connectivity index (χ0) is 23.5. The number of hydrogen-bond acceptors (Lipinski definition) is 6. The zero-order valence-corrected chi connectivity index (χ0v) is 19.0. The van der Waals surface area contributed by atoms with E-state index in [1.54, 1.807) is 39.8 Å². The van der Waals surface area contributed by atoms with Gasteiger partial charge in [-0.15, -0.1) is 0 Å². The summed E-state index contributed by atoms with van der Waals surface area (Å²) < 4.78 is 25.3. The predicted molar refractivity (Wildman–Crippen MR) is 122 cm³/mol. The smallest absolute Gasteiger partial charge is 0.238 e. The molecule has 6 nitrogen and oxygen atoms in total. The van der Waals surface area contributed by atoms with Crippen molar-refractivity contribution in [3.8, 4) is 11.6 Å². The van der Waals surface area contributed by atoms with E-state index in [0.717, 1.165) is 18.4 Å². The number of Topliss-reactive ketones (excluding diaryl/α,β-unsaturated/α-hetero) is 1. The van der Waals surface area contributed by atoms with E-state index in [2.05, 4.69) is 9.97 Å². The molecule has 1 saturated carbocycles. The molecule has 0 radical (unpaired) electrons. The molecule has 0 spiro atoms.